The van der Waals surface area contributed by atoms with E-state index in [2.05, 4.69) is 56.8 Å². The number of aromatic nitrogens is 2. The van der Waals surface area contributed by atoms with E-state index in [1.165, 1.54) is 29.3 Å². The van der Waals surface area contributed by atoms with Gasteiger partial charge in [-0.15, -0.1) is 0 Å². The minimum absolute atomic E-state index is 0.131. The molecule has 2 aromatic carbocycles. The number of halogens is 1. The topological polar surface area (TPSA) is 61.1 Å². The van der Waals surface area contributed by atoms with Gasteiger partial charge in [-0.2, -0.15) is 0 Å². The molecule has 0 radical (unpaired) electrons. The normalized spacial score (nSPS) is 23.0. The van der Waals surface area contributed by atoms with Crippen molar-refractivity contribution in [2.45, 2.75) is 56.4 Å². The molecule has 1 aliphatic carbocycles. The quantitative estimate of drug-likeness (QED) is 0.239. The number of benzene rings is 2. The zero-order valence-electron chi connectivity index (χ0n) is 24.7. The summed E-state index contributed by atoms with van der Waals surface area (Å²) in [6.45, 7) is 4.33. The van der Waals surface area contributed by atoms with Gasteiger partial charge in [-0.3, -0.25) is 9.69 Å². The van der Waals surface area contributed by atoms with Crippen molar-refractivity contribution in [2.75, 3.05) is 32.7 Å². The van der Waals surface area contributed by atoms with E-state index in [0.717, 1.165) is 69.5 Å². The molecule has 0 unspecified atom stereocenters. The van der Waals surface area contributed by atoms with Crippen LogP contribution in [0, 0.1) is 17.7 Å². The first-order chi connectivity index (χ1) is 21.0. The van der Waals surface area contributed by atoms with Gasteiger partial charge in [0.15, 0.2) is 0 Å². The number of pyridine rings is 1. The van der Waals surface area contributed by atoms with Crippen LogP contribution in [0.4, 0.5) is 4.39 Å². The molecule has 3 aliphatic rings. The van der Waals surface area contributed by atoms with Crippen molar-refractivity contribution in [2.24, 2.45) is 11.8 Å². The zero-order valence-corrected chi connectivity index (χ0v) is 24.7. The number of aliphatic carboxylic acids is 1. The lowest BCUT2D eigenvalue weighted by atomic mass is 9.80. The lowest BCUT2D eigenvalue weighted by Crippen LogP contribution is -2.43. The molecule has 7 rings (SSSR count). The largest absolute Gasteiger partial charge is 0.480 e. The molecule has 2 aromatic heterocycles. The Morgan fingerprint density at radius 3 is 2.49 bits per heavy atom. The summed E-state index contributed by atoms with van der Waals surface area (Å²) in [5.41, 5.74) is 5.65. The van der Waals surface area contributed by atoms with Gasteiger partial charge >= 0.3 is 5.97 Å². The Kier molecular flexibility index (Phi) is 8.02. The molecule has 4 heterocycles. The SMILES string of the molecule is O=C(O)[C@@H](CC1CCC1)N1C[C@H](CN2CCC(c3cnc4ccc(-c5ccccc5)cn34)CC2)[C@@H](c2cccc(F)c2)C1. The summed E-state index contributed by atoms with van der Waals surface area (Å²) in [5.74, 6) is 0.432. The lowest BCUT2D eigenvalue weighted by Gasteiger charge is -2.35. The maximum atomic E-state index is 14.3. The molecule has 3 atom stereocenters. The van der Waals surface area contributed by atoms with E-state index >= 15 is 0 Å². The van der Waals surface area contributed by atoms with Gasteiger partial charge in [0, 0.05) is 49.6 Å². The van der Waals surface area contributed by atoms with Crippen molar-refractivity contribution in [1.29, 1.82) is 0 Å². The number of fused-ring (bicyclic) bond motifs is 1. The Labute approximate surface area is 253 Å². The first kappa shape index (κ1) is 28.2. The van der Waals surface area contributed by atoms with Gasteiger partial charge in [0.25, 0.3) is 0 Å². The van der Waals surface area contributed by atoms with Crippen LogP contribution >= 0.6 is 0 Å². The molecule has 7 heteroatoms. The summed E-state index contributed by atoms with van der Waals surface area (Å²) in [4.78, 5) is 21.8. The first-order valence-corrected chi connectivity index (χ1v) is 16.0. The second-order valence-corrected chi connectivity index (χ2v) is 13.0. The van der Waals surface area contributed by atoms with E-state index in [4.69, 9.17) is 4.98 Å². The molecule has 4 aromatic rings. The minimum atomic E-state index is -0.713. The van der Waals surface area contributed by atoms with Crippen LogP contribution in [-0.4, -0.2) is 69.0 Å². The third-order valence-corrected chi connectivity index (χ3v) is 10.4. The Morgan fingerprint density at radius 2 is 1.77 bits per heavy atom. The number of piperidine rings is 1. The molecule has 1 N–H and O–H groups in total. The van der Waals surface area contributed by atoms with Crippen molar-refractivity contribution < 1.29 is 14.3 Å². The predicted molar refractivity (Wildman–Crippen MR) is 167 cm³/mol. The van der Waals surface area contributed by atoms with Crippen molar-refractivity contribution in [3.63, 3.8) is 0 Å². The number of likely N-dealkylation sites (tertiary alicyclic amines) is 2. The predicted octanol–water partition coefficient (Wildman–Crippen LogP) is 6.68. The Bertz CT molecular complexity index is 1560. The van der Waals surface area contributed by atoms with Crippen LogP contribution in [0.5, 0.6) is 0 Å². The highest BCUT2D eigenvalue weighted by Gasteiger charge is 2.41. The molecule has 0 amide bonds. The van der Waals surface area contributed by atoms with Crippen LogP contribution in [0.15, 0.2) is 79.1 Å². The summed E-state index contributed by atoms with van der Waals surface area (Å²) in [7, 11) is 0. The van der Waals surface area contributed by atoms with Gasteiger partial charge in [0.05, 0.1) is 0 Å². The van der Waals surface area contributed by atoms with Crippen LogP contribution < -0.4 is 0 Å². The van der Waals surface area contributed by atoms with Gasteiger partial charge in [-0.05, 0) is 85.1 Å². The molecule has 0 spiro atoms. The van der Waals surface area contributed by atoms with Crippen molar-refractivity contribution in [1.82, 2.24) is 19.2 Å². The molecule has 3 fully saturated rings. The third kappa shape index (κ3) is 5.98. The van der Waals surface area contributed by atoms with Crippen LogP contribution in [-0.2, 0) is 4.79 Å². The van der Waals surface area contributed by atoms with Crippen LogP contribution in [0.25, 0.3) is 16.8 Å². The smallest absolute Gasteiger partial charge is 0.320 e. The number of carbonyl (C=O) groups is 1. The van der Waals surface area contributed by atoms with Crippen molar-refractivity contribution in [3.05, 3.63) is 96.2 Å². The van der Waals surface area contributed by atoms with Crippen molar-refractivity contribution in [3.8, 4) is 11.1 Å². The molecule has 6 nitrogen and oxygen atoms in total. The van der Waals surface area contributed by atoms with E-state index in [1.807, 2.05) is 18.3 Å². The first-order valence-electron chi connectivity index (χ1n) is 16.0. The van der Waals surface area contributed by atoms with Gasteiger partial charge in [0.1, 0.15) is 17.5 Å². The lowest BCUT2D eigenvalue weighted by molar-refractivity contribution is -0.144. The second kappa shape index (κ2) is 12.2. The zero-order chi connectivity index (χ0) is 29.3. The van der Waals surface area contributed by atoms with E-state index in [1.54, 1.807) is 12.1 Å². The molecule has 1 saturated carbocycles. The summed E-state index contributed by atoms with van der Waals surface area (Å²) in [6, 6.07) is 21.2. The van der Waals surface area contributed by atoms with E-state index in [0.29, 0.717) is 18.4 Å². The van der Waals surface area contributed by atoms with Gasteiger partial charge in [-0.25, -0.2) is 9.37 Å². The second-order valence-electron chi connectivity index (χ2n) is 13.0. The molecule has 224 valence electrons. The Balaban J connectivity index is 1.05. The molecular weight excluding hydrogens is 539 g/mol. The summed E-state index contributed by atoms with van der Waals surface area (Å²) < 4.78 is 16.6. The average Bonchev–Trinajstić information content (AvgIpc) is 3.61. The monoisotopic (exact) mass is 580 g/mol. The number of imidazole rings is 1. The number of nitrogens with zero attached hydrogens (tertiary/aromatic N) is 4. The summed E-state index contributed by atoms with van der Waals surface area (Å²) >= 11 is 0. The molecule has 0 bridgehead atoms. The molecule has 43 heavy (non-hydrogen) atoms. The van der Waals surface area contributed by atoms with Crippen molar-refractivity contribution >= 4 is 11.6 Å². The van der Waals surface area contributed by atoms with Gasteiger partial charge in [-0.1, -0.05) is 61.7 Å². The fraction of sp³-hybridized carbons (Fsp3) is 0.444. The van der Waals surface area contributed by atoms with Crippen LogP contribution in [0.1, 0.15) is 61.6 Å². The molecule has 2 saturated heterocycles. The average molecular weight is 581 g/mol. The maximum Gasteiger partial charge on any atom is 0.320 e. The third-order valence-electron chi connectivity index (χ3n) is 10.4. The van der Waals surface area contributed by atoms with E-state index < -0.39 is 12.0 Å². The maximum absolute atomic E-state index is 14.3. The Hall–Kier alpha value is -3.55. The fourth-order valence-electron chi connectivity index (χ4n) is 7.76. The number of hydrogen-bond acceptors (Lipinski definition) is 4. The highest BCUT2D eigenvalue weighted by molar-refractivity contribution is 5.73. The highest BCUT2D eigenvalue weighted by atomic mass is 19.1. The van der Waals surface area contributed by atoms with Crippen LogP contribution in [0.3, 0.4) is 0 Å². The summed E-state index contributed by atoms with van der Waals surface area (Å²) in [6.07, 6.45) is 10.6. The van der Waals surface area contributed by atoms with E-state index in [9.17, 15) is 14.3 Å². The van der Waals surface area contributed by atoms with Gasteiger partial charge in [0.2, 0.25) is 0 Å². The number of rotatable bonds is 9. The fourth-order valence-corrected chi connectivity index (χ4v) is 7.76. The molecular formula is C36H41FN4O2. The number of carboxylic acids is 1. The standard InChI is InChI=1S/C36H41FN4O2/c37-31-11-5-10-28(19-31)32-24-40(33(36(42)43)18-25-6-4-7-25)22-30(32)21-39-16-14-27(15-17-39)34-20-38-35-13-12-29(23-41(34)35)26-8-2-1-3-9-26/h1-3,5,8-13,19-20,23,25,27,30,32-33H,4,6-7,14-18,21-22,24H2,(H,42,43)/t30-,32+,33+/m0/s1. The minimum Gasteiger partial charge on any atom is -0.480 e. The molecule has 2 aliphatic heterocycles. The van der Waals surface area contributed by atoms with Crippen LogP contribution in [0.2, 0.25) is 0 Å². The summed E-state index contributed by atoms with van der Waals surface area (Å²) in [5, 5.41) is 10.2. The highest BCUT2D eigenvalue weighted by Crippen LogP contribution is 2.39. The number of hydrogen-bond donors (Lipinski definition) is 1. The Morgan fingerprint density at radius 1 is 0.953 bits per heavy atom. The van der Waals surface area contributed by atoms with E-state index in [-0.39, 0.29) is 17.7 Å². The number of carboxylic acid groups (broad SMARTS) is 1. The van der Waals surface area contributed by atoms with Gasteiger partial charge < -0.3 is 14.4 Å².